The van der Waals surface area contributed by atoms with Crippen molar-refractivity contribution < 1.29 is 18.1 Å². The highest BCUT2D eigenvalue weighted by Gasteiger charge is 2.18. The molecular formula is C17H17FO3S. The summed E-state index contributed by atoms with van der Waals surface area (Å²) in [6, 6.07) is 12.7. The highest BCUT2D eigenvalue weighted by Crippen LogP contribution is 2.30. The zero-order valence-electron chi connectivity index (χ0n) is 12.1. The van der Waals surface area contributed by atoms with Crippen LogP contribution in [0.5, 0.6) is 5.75 Å². The number of aryl methyl sites for hydroxylation is 1. The molecule has 116 valence electrons. The van der Waals surface area contributed by atoms with Crippen molar-refractivity contribution in [2.45, 2.75) is 18.8 Å². The average molecular weight is 320 g/mol. The van der Waals surface area contributed by atoms with Crippen molar-refractivity contribution in [3.63, 3.8) is 0 Å². The van der Waals surface area contributed by atoms with E-state index >= 15 is 0 Å². The minimum atomic E-state index is -1.07. The summed E-state index contributed by atoms with van der Waals surface area (Å²) in [4.78, 5) is 0. The number of benzene rings is 2. The maximum absolute atomic E-state index is 13.6. The van der Waals surface area contributed by atoms with Gasteiger partial charge in [-0.15, -0.1) is 0 Å². The molecule has 0 aliphatic carbocycles. The van der Waals surface area contributed by atoms with Crippen LogP contribution in [-0.2, 0) is 34.3 Å². The quantitative estimate of drug-likeness (QED) is 0.849. The predicted octanol–water partition coefficient (Wildman–Crippen LogP) is 3.18. The summed E-state index contributed by atoms with van der Waals surface area (Å²) in [5.74, 6) is 1.13. The highest BCUT2D eigenvalue weighted by atomic mass is 32.2. The fourth-order valence-corrected chi connectivity index (χ4v) is 3.65. The third kappa shape index (κ3) is 3.72. The summed E-state index contributed by atoms with van der Waals surface area (Å²) < 4.78 is 36.5. The van der Waals surface area contributed by atoms with Crippen molar-refractivity contribution in [2.24, 2.45) is 0 Å². The first-order valence-electron chi connectivity index (χ1n) is 7.13. The normalized spacial score (nSPS) is 15.0. The van der Waals surface area contributed by atoms with Crippen LogP contribution in [0.2, 0.25) is 0 Å². The fraction of sp³-hybridized carbons (Fsp3) is 0.294. The predicted molar refractivity (Wildman–Crippen MR) is 83.5 cm³/mol. The van der Waals surface area contributed by atoms with E-state index in [-0.39, 0.29) is 12.6 Å². The van der Waals surface area contributed by atoms with Crippen LogP contribution < -0.4 is 4.74 Å². The Hall–Kier alpha value is -1.72. The van der Waals surface area contributed by atoms with Gasteiger partial charge in [-0.2, -0.15) is 0 Å². The van der Waals surface area contributed by atoms with Gasteiger partial charge in [0, 0.05) is 27.7 Å². The molecule has 2 aromatic carbocycles. The van der Waals surface area contributed by atoms with Crippen molar-refractivity contribution in [1.29, 1.82) is 0 Å². The summed E-state index contributed by atoms with van der Waals surface area (Å²) in [7, 11) is -1.07. The third-order valence-corrected chi connectivity index (χ3v) is 4.82. The maximum Gasteiger partial charge on any atom is 0.189 e. The van der Waals surface area contributed by atoms with Gasteiger partial charge in [-0.05, 0) is 24.1 Å². The number of rotatable bonds is 5. The van der Waals surface area contributed by atoms with E-state index in [1.54, 1.807) is 0 Å². The molecule has 0 radical (unpaired) electrons. The van der Waals surface area contributed by atoms with Crippen LogP contribution >= 0.6 is 0 Å². The summed E-state index contributed by atoms with van der Waals surface area (Å²) in [6.45, 7) is 0.485. The number of hydrogen-bond acceptors (Lipinski definition) is 3. The van der Waals surface area contributed by atoms with Gasteiger partial charge in [0.2, 0.25) is 0 Å². The molecule has 3 nitrogen and oxygen atoms in total. The first-order valence-corrected chi connectivity index (χ1v) is 8.62. The van der Waals surface area contributed by atoms with Crippen LogP contribution in [0.1, 0.15) is 16.7 Å². The lowest BCUT2D eigenvalue weighted by Crippen LogP contribution is -2.15. The van der Waals surface area contributed by atoms with E-state index in [0.717, 1.165) is 12.0 Å². The molecule has 3 rings (SSSR count). The second-order valence-corrected chi connectivity index (χ2v) is 6.76. The van der Waals surface area contributed by atoms with E-state index in [1.807, 2.05) is 30.3 Å². The lowest BCUT2D eigenvalue weighted by molar-refractivity contribution is -0.0171. The summed E-state index contributed by atoms with van der Waals surface area (Å²) in [5.41, 5.74) is 2.49. The molecule has 0 saturated carbocycles. The van der Waals surface area contributed by atoms with Gasteiger partial charge >= 0.3 is 0 Å². The summed E-state index contributed by atoms with van der Waals surface area (Å²) >= 11 is 0. The van der Waals surface area contributed by atoms with Crippen LogP contribution in [0.4, 0.5) is 4.39 Å². The van der Waals surface area contributed by atoms with E-state index in [0.29, 0.717) is 35.0 Å². The molecule has 0 aromatic heterocycles. The SMILES string of the molecule is O=S(CCc1ccccc1)Cc1cc(F)cc2c1OCOC2. The minimum absolute atomic E-state index is 0.155. The number of ether oxygens (including phenoxy) is 2. The standard InChI is InChI=1S/C17H17FO3S/c18-16-8-14-10-20-12-21-17(14)15(9-16)11-22(19)7-6-13-4-2-1-3-5-13/h1-5,8-9H,6-7,10-12H2. The number of fused-ring (bicyclic) bond motifs is 1. The Kier molecular flexibility index (Phi) is 4.85. The topological polar surface area (TPSA) is 35.5 Å². The summed E-state index contributed by atoms with van der Waals surface area (Å²) in [6.07, 6.45) is 0.745. The third-order valence-electron chi connectivity index (χ3n) is 3.53. The van der Waals surface area contributed by atoms with Crippen molar-refractivity contribution in [2.75, 3.05) is 12.5 Å². The molecule has 1 aliphatic heterocycles. The van der Waals surface area contributed by atoms with E-state index in [4.69, 9.17) is 9.47 Å². The molecule has 5 heteroatoms. The molecule has 22 heavy (non-hydrogen) atoms. The largest absolute Gasteiger partial charge is 0.467 e. The monoisotopic (exact) mass is 320 g/mol. The van der Waals surface area contributed by atoms with Crippen molar-refractivity contribution >= 4 is 10.8 Å². The van der Waals surface area contributed by atoms with Gasteiger partial charge < -0.3 is 9.47 Å². The fourth-order valence-electron chi connectivity index (χ4n) is 2.49. The summed E-state index contributed by atoms with van der Waals surface area (Å²) in [5, 5.41) is 0. The molecule has 2 aromatic rings. The van der Waals surface area contributed by atoms with Gasteiger partial charge in [-0.25, -0.2) is 4.39 Å². The van der Waals surface area contributed by atoms with Crippen LogP contribution in [0.15, 0.2) is 42.5 Å². The first kappa shape index (κ1) is 15.2. The minimum Gasteiger partial charge on any atom is -0.467 e. The molecule has 1 heterocycles. The van der Waals surface area contributed by atoms with Crippen molar-refractivity contribution in [1.82, 2.24) is 0 Å². The van der Waals surface area contributed by atoms with Gasteiger partial charge in [0.1, 0.15) is 11.6 Å². The number of halogens is 1. The van der Waals surface area contributed by atoms with E-state index < -0.39 is 10.8 Å². The Morgan fingerprint density at radius 2 is 2.00 bits per heavy atom. The molecule has 1 aliphatic rings. The van der Waals surface area contributed by atoms with Gasteiger partial charge in [-0.3, -0.25) is 4.21 Å². The lowest BCUT2D eigenvalue weighted by Gasteiger charge is -2.20. The highest BCUT2D eigenvalue weighted by molar-refractivity contribution is 7.84. The molecule has 0 spiro atoms. The lowest BCUT2D eigenvalue weighted by atomic mass is 10.1. The van der Waals surface area contributed by atoms with Crippen molar-refractivity contribution in [3.05, 3.63) is 65.0 Å². The zero-order valence-corrected chi connectivity index (χ0v) is 12.9. The first-order chi connectivity index (χ1) is 10.7. The second kappa shape index (κ2) is 7.03. The van der Waals surface area contributed by atoms with Crippen LogP contribution in [-0.4, -0.2) is 16.8 Å². The van der Waals surface area contributed by atoms with E-state index in [2.05, 4.69) is 0 Å². The molecule has 0 amide bonds. The Morgan fingerprint density at radius 1 is 1.18 bits per heavy atom. The smallest absolute Gasteiger partial charge is 0.189 e. The molecule has 0 bridgehead atoms. The second-order valence-electron chi connectivity index (χ2n) is 5.19. The maximum atomic E-state index is 13.6. The zero-order chi connectivity index (χ0) is 15.4. The van der Waals surface area contributed by atoms with Gasteiger partial charge in [0.25, 0.3) is 0 Å². The Balaban J connectivity index is 1.67. The van der Waals surface area contributed by atoms with Crippen LogP contribution in [0.25, 0.3) is 0 Å². The van der Waals surface area contributed by atoms with Gasteiger partial charge in [0.15, 0.2) is 6.79 Å². The molecular weight excluding hydrogens is 303 g/mol. The average Bonchev–Trinajstić information content (AvgIpc) is 2.54. The molecule has 1 unspecified atom stereocenters. The Bertz CT molecular complexity index is 673. The van der Waals surface area contributed by atoms with E-state index in [9.17, 15) is 8.60 Å². The van der Waals surface area contributed by atoms with Crippen LogP contribution in [0, 0.1) is 5.82 Å². The van der Waals surface area contributed by atoms with E-state index in [1.165, 1.54) is 12.1 Å². The molecule has 0 saturated heterocycles. The number of hydrogen-bond donors (Lipinski definition) is 0. The van der Waals surface area contributed by atoms with Gasteiger partial charge in [-0.1, -0.05) is 30.3 Å². The Labute approximate surface area is 131 Å². The molecule has 1 atom stereocenters. The molecule has 0 fully saturated rings. The van der Waals surface area contributed by atoms with Crippen LogP contribution in [0.3, 0.4) is 0 Å². The van der Waals surface area contributed by atoms with Gasteiger partial charge in [0.05, 0.1) is 12.4 Å². The molecule has 0 N–H and O–H groups in total. The Morgan fingerprint density at radius 3 is 2.82 bits per heavy atom. The van der Waals surface area contributed by atoms with Crippen molar-refractivity contribution in [3.8, 4) is 5.75 Å².